The van der Waals surface area contributed by atoms with E-state index in [1.165, 1.54) is 295 Å². The molecule has 0 aromatic rings. The van der Waals surface area contributed by atoms with Gasteiger partial charge in [0.05, 0.1) is 18.8 Å². The average molecular weight is 965 g/mol. The molecule has 68 heavy (non-hydrogen) atoms. The van der Waals surface area contributed by atoms with Crippen LogP contribution in [-0.4, -0.2) is 57.3 Å². The number of unbranched alkanes of at least 4 members (excludes halogenated alkanes) is 50. The van der Waals surface area contributed by atoms with Gasteiger partial charge < -0.3 is 25.7 Å². The first-order chi connectivity index (χ1) is 33.5. The summed E-state index contributed by atoms with van der Waals surface area (Å²) in [5.74, 6) is -0.575. The lowest BCUT2D eigenvalue weighted by Gasteiger charge is -2.27. The molecule has 0 spiro atoms. The van der Waals surface area contributed by atoms with E-state index >= 15 is 0 Å². The summed E-state index contributed by atoms with van der Waals surface area (Å²) in [5.41, 5.74) is 0. The molecule has 0 aliphatic carbocycles. The second kappa shape index (κ2) is 57.2. The monoisotopic (exact) mass is 964 g/mol. The Morgan fingerprint density at radius 2 is 0.500 bits per heavy atom. The largest absolute Gasteiger partial charge is 0.394 e. The van der Waals surface area contributed by atoms with Gasteiger partial charge in [0, 0.05) is 0 Å². The number of nitrogens with one attached hydrogen (secondary N) is 1. The Morgan fingerprint density at radius 3 is 0.706 bits per heavy atom. The van der Waals surface area contributed by atoms with Crippen LogP contribution in [0.3, 0.4) is 0 Å². The molecule has 0 aliphatic rings. The van der Waals surface area contributed by atoms with E-state index < -0.39 is 36.9 Å². The summed E-state index contributed by atoms with van der Waals surface area (Å²) in [4.78, 5) is 12.6. The van der Waals surface area contributed by atoms with Crippen LogP contribution in [0.4, 0.5) is 0 Å². The number of carbonyl (C=O) groups is 1. The van der Waals surface area contributed by atoms with Gasteiger partial charge in [0.1, 0.15) is 12.2 Å². The van der Waals surface area contributed by atoms with E-state index in [9.17, 15) is 25.2 Å². The van der Waals surface area contributed by atoms with Crippen LogP contribution in [0, 0.1) is 0 Å². The maximum Gasteiger partial charge on any atom is 0.249 e. The van der Waals surface area contributed by atoms with Crippen molar-refractivity contribution in [3.8, 4) is 0 Å². The van der Waals surface area contributed by atoms with Crippen LogP contribution in [0.15, 0.2) is 0 Å². The summed E-state index contributed by atoms with van der Waals surface area (Å²) in [6, 6.07) is -0.981. The van der Waals surface area contributed by atoms with Crippen molar-refractivity contribution in [1.82, 2.24) is 5.32 Å². The fourth-order valence-corrected chi connectivity index (χ4v) is 10.4. The van der Waals surface area contributed by atoms with Gasteiger partial charge in [-0.05, 0) is 12.8 Å². The zero-order chi connectivity index (χ0) is 49.5. The lowest BCUT2D eigenvalue weighted by Crippen LogP contribution is -2.53. The fourth-order valence-electron chi connectivity index (χ4n) is 10.4. The number of hydrogen-bond donors (Lipinski definition) is 5. The minimum absolute atomic E-state index is 0.376. The molecular formula is C62H125NO5. The molecule has 408 valence electrons. The molecule has 1 amide bonds. The van der Waals surface area contributed by atoms with Gasteiger partial charge in [0.25, 0.3) is 0 Å². The Balaban J connectivity index is 3.53. The number of carbonyl (C=O) groups excluding carboxylic acids is 1. The van der Waals surface area contributed by atoms with Gasteiger partial charge >= 0.3 is 0 Å². The third-order valence-corrected chi connectivity index (χ3v) is 15.3. The number of amides is 1. The molecule has 4 unspecified atom stereocenters. The molecule has 5 N–H and O–H groups in total. The molecule has 0 heterocycles. The standard InChI is InChI=1S/C62H125NO5/c1-3-5-7-9-11-13-15-17-19-21-23-25-26-27-28-29-30-31-32-33-34-36-37-39-41-43-45-47-49-51-53-55-59(65)61(67)58(57-64)63-62(68)60(66)56-54-52-50-48-46-44-42-40-38-35-24-22-20-18-16-14-12-10-8-6-4-2/h58-61,64-67H,3-57H2,1-2H3,(H,63,68). The highest BCUT2D eigenvalue weighted by Gasteiger charge is 2.28. The van der Waals surface area contributed by atoms with E-state index in [2.05, 4.69) is 19.2 Å². The van der Waals surface area contributed by atoms with Crippen LogP contribution in [0.1, 0.15) is 361 Å². The van der Waals surface area contributed by atoms with Gasteiger partial charge in [-0.25, -0.2) is 0 Å². The average Bonchev–Trinajstić information content (AvgIpc) is 3.34. The van der Waals surface area contributed by atoms with E-state index in [4.69, 9.17) is 0 Å². The van der Waals surface area contributed by atoms with Crippen LogP contribution in [0.5, 0.6) is 0 Å². The smallest absolute Gasteiger partial charge is 0.249 e. The predicted octanol–water partition coefficient (Wildman–Crippen LogP) is 18.7. The van der Waals surface area contributed by atoms with E-state index in [1.54, 1.807) is 0 Å². The van der Waals surface area contributed by atoms with Crippen molar-refractivity contribution in [2.45, 2.75) is 385 Å². The Hall–Kier alpha value is -0.690. The third kappa shape index (κ3) is 50.3. The molecule has 0 aromatic carbocycles. The van der Waals surface area contributed by atoms with Crippen molar-refractivity contribution in [2.24, 2.45) is 0 Å². The zero-order valence-electron chi connectivity index (χ0n) is 46.4. The van der Waals surface area contributed by atoms with Gasteiger partial charge in [-0.15, -0.1) is 0 Å². The van der Waals surface area contributed by atoms with E-state index in [0.717, 1.165) is 38.5 Å². The normalized spacial score (nSPS) is 13.6. The molecule has 0 saturated heterocycles. The highest BCUT2D eigenvalue weighted by Crippen LogP contribution is 2.19. The number of aliphatic hydroxyl groups is 4. The van der Waals surface area contributed by atoms with Crippen LogP contribution in [-0.2, 0) is 4.79 Å². The molecule has 0 aliphatic heterocycles. The summed E-state index contributed by atoms with van der Waals surface area (Å²) in [7, 11) is 0. The first-order valence-electron chi connectivity index (χ1n) is 31.4. The SMILES string of the molecule is CCCCCCCCCCCCCCCCCCCCCCCCCCCCCCCCCC(O)C(O)C(CO)NC(=O)C(O)CCCCCCCCCCCCCCCCCCCCCCC. The van der Waals surface area contributed by atoms with E-state index in [1.807, 2.05) is 0 Å². The first kappa shape index (κ1) is 67.3. The molecule has 0 rings (SSSR count). The topological polar surface area (TPSA) is 110 Å². The van der Waals surface area contributed by atoms with Crippen molar-refractivity contribution in [3.63, 3.8) is 0 Å². The van der Waals surface area contributed by atoms with Gasteiger partial charge in [0.15, 0.2) is 0 Å². The summed E-state index contributed by atoms with van der Waals surface area (Å²) in [6.45, 7) is 4.11. The molecule has 0 radical (unpaired) electrons. The van der Waals surface area contributed by atoms with E-state index in [0.29, 0.717) is 12.8 Å². The number of aliphatic hydroxyl groups excluding tert-OH is 4. The number of rotatable bonds is 59. The van der Waals surface area contributed by atoms with Crippen molar-refractivity contribution < 1.29 is 25.2 Å². The van der Waals surface area contributed by atoms with Crippen molar-refractivity contribution in [2.75, 3.05) is 6.61 Å². The quantitative estimate of drug-likeness (QED) is 0.0390. The van der Waals surface area contributed by atoms with Gasteiger partial charge in [-0.1, -0.05) is 348 Å². The summed E-state index contributed by atoms with van der Waals surface area (Å²) >= 11 is 0. The highest BCUT2D eigenvalue weighted by molar-refractivity contribution is 5.80. The van der Waals surface area contributed by atoms with Crippen molar-refractivity contribution in [1.29, 1.82) is 0 Å². The Bertz CT molecular complexity index is 948. The molecule has 6 nitrogen and oxygen atoms in total. The molecule has 4 atom stereocenters. The number of hydrogen-bond acceptors (Lipinski definition) is 5. The molecule has 0 aromatic heterocycles. The van der Waals surface area contributed by atoms with Crippen LogP contribution in [0.2, 0.25) is 0 Å². The molecule has 6 heteroatoms. The molecule has 0 bridgehead atoms. The summed E-state index contributed by atoms with van der Waals surface area (Å²) in [5, 5.41) is 44.1. The van der Waals surface area contributed by atoms with Crippen LogP contribution < -0.4 is 5.32 Å². The van der Waals surface area contributed by atoms with E-state index in [-0.39, 0.29) is 0 Å². The summed E-state index contributed by atoms with van der Waals surface area (Å²) < 4.78 is 0. The van der Waals surface area contributed by atoms with Crippen LogP contribution >= 0.6 is 0 Å². The Kier molecular flexibility index (Phi) is 56.6. The second-order valence-corrected chi connectivity index (χ2v) is 22.1. The fraction of sp³-hybridized carbons (Fsp3) is 0.984. The molecular weight excluding hydrogens is 839 g/mol. The Labute approximate surface area is 426 Å². The molecule has 0 fully saturated rings. The summed E-state index contributed by atoms with van der Waals surface area (Å²) in [6.07, 6.45) is 67.7. The Morgan fingerprint density at radius 1 is 0.309 bits per heavy atom. The van der Waals surface area contributed by atoms with Gasteiger partial charge in [-0.2, -0.15) is 0 Å². The van der Waals surface area contributed by atoms with Crippen molar-refractivity contribution in [3.05, 3.63) is 0 Å². The molecule has 0 saturated carbocycles. The minimum atomic E-state index is -1.26. The lowest BCUT2D eigenvalue weighted by atomic mass is 9.99. The lowest BCUT2D eigenvalue weighted by molar-refractivity contribution is -0.132. The third-order valence-electron chi connectivity index (χ3n) is 15.3. The van der Waals surface area contributed by atoms with Crippen molar-refractivity contribution >= 4 is 5.91 Å². The maximum atomic E-state index is 12.6. The zero-order valence-corrected chi connectivity index (χ0v) is 46.4. The first-order valence-corrected chi connectivity index (χ1v) is 31.4. The predicted molar refractivity (Wildman–Crippen MR) is 298 cm³/mol. The van der Waals surface area contributed by atoms with Crippen LogP contribution in [0.25, 0.3) is 0 Å². The highest BCUT2D eigenvalue weighted by atomic mass is 16.3. The van der Waals surface area contributed by atoms with Gasteiger partial charge in [0.2, 0.25) is 5.91 Å². The maximum absolute atomic E-state index is 12.6. The second-order valence-electron chi connectivity index (χ2n) is 22.1. The minimum Gasteiger partial charge on any atom is -0.394 e. The van der Waals surface area contributed by atoms with Gasteiger partial charge in [-0.3, -0.25) is 4.79 Å².